The summed E-state index contributed by atoms with van der Waals surface area (Å²) in [5.74, 6) is 1.93. The van der Waals surface area contributed by atoms with Crippen molar-refractivity contribution in [1.29, 1.82) is 0 Å². The minimum Gasteiger partial charge on any atom is -0.493 e. The molecule has 3 aliphatic rings. The van der Waals surface area contributed by atoms with Gasteiger partial charge in [-0.05, 0) is 31.0 Å². The van der Waals surface area contributed by atoms with Gasteiger partial charge in [-0.1, -0.05) is 0 Å². The van der Waals surface area contributed by atoms with Crippen LogP contribution < -0.4 is 19.5 Å². The van der Waals surface area contributed by atoms with Crippen LogP contribution in [0.1, 0.15) is 29.2 Å². The molecule has 1 N–H and O–H groups in total. The first kappa shape index (κ1) is 18.0. The van der Waals surface area contributed by atoms with Gasteiger partial charge in [0, 0.05) is 23.2 Å². The molecule has 0 spiro atoms. The fourth-order valence-electron chi connectivity index (χ4n) is 5.42. The smallest absolute Gasteiger partial charge is 0.203 e. The second kappa shape index (κ2) is 6.44. The predicted octanol–water partition coefficient (Wildman–Crippen LogP) is 2.59. The van der Waals surface area contributed by atoms with Crippen molar-refractivity contribution in [3.63, 3.8) is 0 Å². The first-order chi connectivity index (χ1) is 15.7. The zero-order valence-corrected chi connectivity index (χ0v) is 17.6. The van der Waals surface area contributed by atoms with Crippen molar-refractivity contribution in [2.24, 2.45) is 7.05 Å². The van der Waals surface area contributed by atoms with E-state index in [-0.39, 0.29) is 11.7 Å². The summed E-state index contributed by atoms with van der Waals surface area (Å²) in [6.45, 7) is 2.25. The number of aryl methyl sites for hydroxylation is 1. The molecule has 1 atom stereocenters. The Bertz CT molecular complexity index is 1410. The Morgan fingerprint density at radius 3 is 2.97 bits per heavy atom. The summed E-state index contributed by atoms with van der Waals surface area (Å²) in [7, 11) is 2.07. The Labute approximate surface area is 183 Å². The zero-order chi connectivity index (χ0) is 21.4. The van der Waals surface area contributed by atoms with Crippen molar-refractivity contribution in [3.8, 4) is 22.6 Å². The minimum absolute atomic E-state index is 0.0139. The number of hydrogen-bond acceptors (Lipinski definition) is 5. The molecule has 32 heavy (non-hydrogen) atoms. The van der Waals surface area contributed by atoms with Crippen LogP contribution in [0, 0.1) is 5.82 Å². The first-order valence-electron chi connectivity index (χ1n) is 10.9. The number of ether oxygens (including phenoxy) is 2. The number of nitrogens with zero attached hydrogens (tertiary/aromatic N) is 5. The van der Waals surface area contributed by atoms with Crippen LogP contribution in [0.25, 0.3) is 16.8 Å². The summed E-state index contributed by atoms with van der Waals surface area (Å²) in [6, 6.07) is 5.23. The van der Waals surface area contributed by atoms with Crippen LogP contribution in [0.4, 0.5) is 10.2 Å². The van der Waals surface area contributed by atoms with Gasteiger partial charge in [0.1, 0.15) is 17.9 Å². The highest BCUT2D eigenvalue weighted by atomic mass is 19.1. The molecule has 3 aromatic heterocycles. The predicted molar refractivity (Wildman–Crippen MR) is 113 cm³/mol. The summed E-state index contributed by atoms with van der Waals surface area (Å²) in [5.41, 5.74) is 5.72. The molecule has 0 bridgehead atoms. The van der Waals surface area contributed by atoms with Gasteiger partial charge in [-0.3, -0.25) is 4.40 Å². The van der Waals surface area contributed by atoms with Crippen LogP contribution in [0.2, 0.25) is 0 Å². The lowest BCUT2D eigenvalue weighted by atomic mass is 9.96. The average Bonchev–Trinajstić information content (AvgIpc) is 3.57. The maximum Gasteiger partial charge on any atom is 0.203 e. The van der Waals surface area contributed by atoms with Crippen LogP contribution >= 0.6 is 0 Å². The number of halogens is 1. The largest absolute Gasteiger partial charge is 0.493 e. The van der Waals surface area contributed by atoms with Crippen molar-refractivity contribution in [2.75, 3.05) is 18.5 Å². The average molecular weight is 433 g/mol. The van der Waals surface area contributed by atoms with Crippen LogP contribution in [-0.2, 0) is 26.6 Å². The molecule has 162 valence electrons. The molecular formula is C23H22FN6O2+. The number of nitrogens with one attached hydrogen (secondary N) is 1. The summed E-state index contributed by atoms with van der Waals surface area (Å²) in [4.78, 5) is 0. The third-order valence-electron chi connectivity index (χ3n) is 6.91. The highest BCUT2D eigenvalue weighted by Gasteiger charge is 2.33. The quantitative estimate of drug-likeness (QED) is 0.468. The fraction of sp³-hybridized carbons (Fsp3) is 0.348. The summed E-state index contributed by atoms with van der Waals surface area (Å²) >= 11 is 0. The molecule has 3 aliphatic heterocycles. The molecule has 0 fully saturated rings. The molecule has 0 unspecified atom stereocenters. The Hall–Kier alpha value is -3.62. The number of aromatic nitrogens is 5. The Balaban J connectivity index is 1.41. The van der Waals surface area contributed by atoms with Gasteiger partial charge in [0.2, 0.25) is 6.20 Å². The summed E-state index contributed by atoms with van der Waals surface area (Å²) in [5, 5.41) is 12.0. The van der Waals surface area contributed by atoms with E-state index in [9.17, 15) is 4.39 Å². The van der Waals surface area contributed by atoms with Crippen molar-refractivity contribution < 1.29 is 18.5 Å². The third-order valence-corrected chi connectivity index (χ3v) is 6.91. The number of rotatable bonds is 1. The van der Waals surface area contributed by atoms with Crippen molar-refractivity contribution in [1.82, 2.24) is 19.3 Å². The maximum absolute atomic E-state index is 14.8. The SMILES string of the molecule is C[n+]1cc(-c2cc3c(n4cnnc24)NCc2c(F)ccc4c2[C@H](CO4)CO3)c2n1CCC2. The lowest BCUT2D eigenvalue weighted by Gasteiger charge is -2.16. The van der Waals surface area contributed by atoms with E-state index in [1.165, 1.54) is 11.8 Å². The summed E-state index contributed by atoms with van der Waals surface area (Å²) < 4.78 is 33.3. The molecular weight excluding hydrogens is 411 g/mol. The standard InChI is InChI=1S/C23H22FN6O2/c1-28-9-16(18-3-2-6-30(18)28)14-7-20-23(29-12-26-27-22(14)29)25-8-15-17(24)4-5-19-21(15)13(10-31-19)11-32-20/h4-5,7,9,12-13,25H,2-3,6,8,10-11H2,1H3/q+1/t13-/m1/s1. The van der Waals surface area contributed by atoms with Crippen LogP contribution in [0.3, 0.4) is 0 Å². The highest BCUT2D eigenvalue weighted by Crippen LogP contribution is 2.42. The van der Waals surface area contributed by atoms with Crippen molar-refractivity contribution in [3.05, 3.63) is 53.4 Å². The van der Waals surface area contributed by atoms with Crippen LogP contribution in [0.15, 0.2) is 30.7 Å². The molecule has 7 rings (SSSR count). The summed E-state index contributed by atoms with van der Waals surface area (Å²) in [6.07, 6.45) is 6.00. The molecule has 0 aliphatic carbocycles. The monoisotopic (exact) mass is 433 g/mol. The van der Waals surface area contributed by atoms with Gasteiger partial charge in [-0.25, -0.2) is 4.39 Å². The van der Waals surface area contributed by atoms with Gasteiger partial charge in [0.05, 0.1) is 36.9 Å². The molecule has 8 nitrogen and oxygen atoms in total. The van der Waals surface area contributed by atoms with Gasteiger partial charge >= 0.3 is 0 Å². The second-order valence-electron chi connectivity index (χ2n) is 8.70. The van der Waals surface area contributed by atoms with Crippen molar-refractivity contribution >= 4 is 11.5 Å². The van der Waals surface area contributed by atoms with E-state index in [0.29, 0.717) is 31.1 Å². The molecule has 0 saturated carbocycles. The van der Waals surface area contributed by atoms with E-state index in [1.807, 2.05) is 10.5 Å². The number of anilines is 1. The Morgan fingerprint density at radius 2 is 2.06 bits per heavy atom. The van der Waals surface area contributed by atoms with Gasteiger partial charge in [0.25, 0.3) is 0 Å². The van der Waals surface area contributed by atoms with E-state index < -0.39 is 0 Å². The minimum atomic E-state index is -0.233. The van der Waals surface area contributed by atoms with Crippen LogP contribution in [0.5, 0.6) is 11.5 Å². The second-order valence-corrected chi connectivity index (χ2v) is 8.70. The fourth-order valence-corrected chi connectivity index (χ4v) is 5.42. The van der Waals surface area contributed by atoms with Gasteiger partial charge in [0.15, 0.2) is 24.3 Å². The van der Waals surface area contributed by atoms with E-state index in [2.05, 4.69) is 38.1 Å². The first-order valence-corrected chi connectivity index (χ1v) is 10.9. The normalized spacial score (nSPS) is 18.6. The third kappa shape index (κ3) is 2.39. The lowest BCUT2D eigenvalue weighted by Crippen LogP contribution is -2.37. The topological polar surface area (TPSA) is 69.5 Å². The van der Waals surface area contributed by atoms with Crippen LogP contribution in [-0.4, -0.2) is 32.5 Å². The molecule has 6 heterocycles. The number of pyridine rings is 1. The molecule has 4 aromatic rings. The van der Waals surface area contributed by atoms with E-state index in [0.717, 1.165) is 53.3 Å². The van der Waals surface area contributed by atoms with Crippen molar-refractivity contribution in [2.45, 2.75) is 31.8 Å². The van der Waals surface area contributed by atoms with Gasteiger partial charge in [-0.15, -0.1) is 14.9 Å². The number of benzene rings is 1. The lowest BCUT2D eigenvalue weighted by molar-refractivity contribution is -0.752. The van der Waals surface area contributed by atoms with E-state index in [1.54, 1.807) is 12.4 Å². The molecule has 1 aromatic carbocycles. The molecule has 0 saturated heterocycles. The number of hydrogen-bond donors (Lipinski definition) is 1. The van der Waals surface area contributed by atoms with E-state index in [4.69, 9.17) is 9.47 Å². The van der Waals surface area contributed by atoms with Gasteiger partial charge < -0.3 is 14.8 Å². The molecule has 9 heteroatoms. The Kier molecular flexibility index (Phi) is 3.62. The highest BCUT2D eigenvalue weighted by molar-refractivity contribution is 5.82. The molecule has 0 amide bonds. The Morgan fingerprint density at radius 1 is 1.19 bits per heavy atom. The number of fused-ring (bicyclic) bond motifs is 4. The zero-order valence-electron chi connectivity index (χ0n) is 17.6. The maximum atomic E-state index is 14.8. The van der Waals surface area contributed by atoms with Gasteiger partial charge in [-0.2, -0.15) is 4.68 Å². The molecule has 0 radical (unpaired) electrons. The van der Waals surface area contributed by atoms with E-state index >= 15 is 0 Å².